The minimum Gasteiger partial charge on any atom is -0.444 e. The highest BCUT2D eigenvalue weighted by molar-refractivity contribution is 5.69. The van der Waals surface area contributed by atoms with Crippen molar-refractivity contribution in [1.82, 2.24) is 25.4 Å². The molecular formula is C14H27N5O2. The van der Waals surface area contributed by atoms with Crippen LogP contribution in [0.2, 0.25) is 0 Å². The standard InChI is InChI=1S/C14H27N5O2/c1-13(2,3)19(12(20)21-14(4,5)6)8-7-15-9-11-16-10-17-18-11/h10,15H,7-9H2,1-6H3,(H,16,17,18). The Morgan fingerprint density at radius 2 is 2.00 bits per heavy atom. The van der Waals surface area contributed by atoms with Crippen LogP contribution in [-0.2, 0) is 11.3 Å². The highest BCUT2D eigenvalue weighted by Crippen LogP contribution is 2.17. The van der Waals surface area contributed by atoms with Crippen LogP contribution in [0.3, 0.4) is 0 Å². The van der Waals surface area contributed by atoms with Crippen LogP contribution in [-0.4, -0.2) is 50.4 Å². The number of carbonyl (C=O) groups excluding carboxylic acids is 1. The van der Waals surface area contributed by atoms with E-state index in [4.69, 9.17) is 4.74 Å². The lowest BCUT2D eigenvalue weighted by molar-refractivity contribution is 0.00663. The monoisotopic (exact) mass is 297 g/mol. The molecule has 0 aliphatic rings. The molecule has 0 saturated carbocycles. The van der Waals surface area contributed by atoms with Crippen molar-refractivity contribution in [3.05, 3.63) is 12.2 Å². The van der Waals surface area contributed by atoms with Gasteiger partial charge in [-0.05, 0) is 41.5 Å². The summed E-state index contributed by atoms with van der Waals surface area (Å²) in [5.74, 6) is 0.773. The summed E-state index contributed by atoms with van der Waals surface area (Å²) in [7, 11) is 0. The van der Waals surface area contributed by atoms with E-state index in [0.717, 1.165) is 5.82 Å². The van der Waals surface area contributed by atoms with Crippen molar-refractivity contribution >= 4 is 6.09 Å². The van der Waals surface area contributed by atoms with Gasteiger partial charge >= 0.3 is 6.09 Å². The summed E-state index contributed by atoms with van der Waals surface area (Å²) in [4.78, 5) is 18.0. The lowest BCUT2D eigenvalue weighted by atomic mass is 10.1. The van der Waals surface area contributed by atoms with E-state index in [1.165, 1.54) is 6.33 Å². The van der Waals surface area contributed by atoms with E-state index in [-0.39, 0.29) is 11.6 Å². The third-order valence-corrected chi connectivity index (χ3v) is 2.69. The molecule has 7 nitrogen and oxygen atoms in total. The van der Waals surface area contributed by atoms with Crippen molar-refractivity contribution in [2.24, 2.45) is 0 Å². The second-order valence-electron chi connectivity index (χ2n) is 6.91. The van der Waals surface area contributed by atoms with E-state index >= 15 is 0 Å². The normalized spacial score (nSPS) is 12.3. The number of nitrogens with zero attached hydrogens (tertiary/aromatic N) is 3. The lowest BCUT2D eigenvalue weighted by Gasteiger charge is -2.36. The fraction of sp³-hybridized carbons (Fsp3) is 0.786. The smallest absolute Gasteiger partial charge is 0.410 e. The molecule has 1 aromatic heterocycles. The third kappa shape index (κ3) is 6.57. The molecule has 0 bridgehead atoms. The van der Waals surface area contributed by atoms with Gasteiger partial charge in [0, 0.05) is 18.6 Å². The molecule has 7 heteroatoms. The van der Waals surface area contributed by atoms with Crippen molar-refractivity contribution in [3.63, 3.8) is 0 Å². The number of carbonyl (C=O) groups is 1. The average Bonchev–Trinajstić information content (AvgIpc) is 2.77. The van der Waals surface area contributed by atoms with Gasteiger partial charge in [0.15, 0.2) is 0 Å². The number of ether oxygens (including phenoxy) is 1. The SMILES string of the molecule is CC(C)(C)OC(=O)N(CCNCc1ncn[nH]1)C(C)(C)C. The Balaban J connectivity index is 2.49. The molecule has 120 valence electrons. The summed E-state index contributed by atoms with van der Waals surface area (Å²) >= 11 is 0. The second-order valence-corrected chi connectivity index (χ2v) is 6.91. The summed E-state index contributed by atoms with van der Waals surface area (Å²) in [5.41, 5.74) is -0.788. The van der Waals surface area contributed by atoms with Gasteiger partial charge < -0.3 is 15.0 Å². The molecule has 2 N–H and O–H groups in total. The van der Waals surface area contributed by atoms with E-state index < -0.39 is 5.60 Å². The van der Waals surface area contributed by atoms with Gasteiger partial charge in [0.25, 0.3) is 0 Å². The summed E-state index contributed by atoms with van der Waals surface area (Å²) in [6, 6.07) is 0. The van der Waals surface area contributed by atoms with Gasteiger partial charge in [0.2, 0.25) is 0 Å². The second kappa shape index (κ2) is 6.89. The molecule has 1 aromatic rings. The number of hydrogen-bond acceptors (Lipinski definition) is 5. The zero-order valence-electron chi connectivity index (χ0n) is 13.9. The van der Waals surface area contributed by atoms with E-state index in [9.17, 15) is 4.79 Å². The van der Waals surface area contributed by atoms with Gasteiger partial charge in [-0.15, -0.1) is 0 Å². The molecule has 0 fully saturated rings. The zero-order chi connectivity index (χ0) is 16.1. The lowest BCUT2D eigenvalue weighted by Crippen LogP contribution is -2.50. The number of aromatic nitrogens is 3. The molecule has 0 aromatic carbocycles. The Labute approximate surface area is 126 Å². The number of H-pyrrole nitrogens is 1. The van der Waals surface area contributed by atoms with Gasteiger partial charge in [0.1, 0.15) is 17.8 Å². The molecule has 21 heavy (non-hydrogen) atoms. The van der Waals surface area contributed by atoms with Crippen LogP contribution >= 0.6 is 0 Å². The van der Waals surface area contributed by atoms with Gasteiger partial charge in [-0.2, -0.15) is 5.10 Å². The van der Waals surface area contributed by atoms with E-state index in [1.54, 1.807) is 4.90 Å². The van der Waals surface area contributed by atoms with Crippen molar-refractivity contribution in [2.45, 2.75) is 59.2 Å². The van der Waals surface area contributed by atoms with Crippen molar-refractivity contribution in [1.29, 1.82) is 0 Å². The van der Waals surface area contributed by atoms with Crippen LogP contribution in [0.25, 0.3) is 0 Å². The predicted molar refractivity (Wildman–Crippen MR) is 80.8 cm³/mol. The third-order valence-electron chi connectivity index (χ3n) is 2.69. The number of rotatable bonds is 5. The number of aromatic amines is 1. The fourth-order valence-corrected chi connectivity index (χ4v) is 1.73. The summed E-state index contributed by atoms with van der Waals surface area (Å²) < 4.78 is 5.46. The van der Waals surface area contributed by atoms with E-state index in [2.05, 4.69) is 20.5 Å². The Kier molecular flexibility index (Phi) is 5.71. The van der Waals surface area contributed by atoms with Gasteiger partial charge in [-0.3, -0.25) is 5.10 Å². The van der Waals surface area contributed by atoms with Crippen LogP contribution in [0.1, 0.15) is 47.4 Å². The van der Waals surface area contributed by atoms with Gasteiger partial charge in [-0.1, -0.05) is 0 Å². The highest BCUT2D eigenvalue weighted by atomic mass is 16.6. The Bertz CT molecular complexity index is 431. The Morgan fingerprint density at radius 3 is 2.48 bits per heavy atom. The first kappa shape index (κ1) is 17.4. The number of amides is 1. The van der Waals surface area contributed by atoms with Crippen LogP contribution in [0.5, 0.6) is 0 Å². The summed E-state index contributed by atoms with van der Waals surface area (Å²) in [6.07, 6.45) is 1.18. The van der Waals surface area contributed by atoms with Crippen molar-refractivity contribution in [3.8, 4) is 0 Å². The minimum atomic E-state index is -0.492. The topological polar surface area (TPSA) is 83.1 Å². The van der Waals surface area contributed by atoms with Crippen LogP contribution in [0.4, 0.5) is 4.79 Å². The Morgan fingerprint density at radius 1 is 1.33 bits per heavy atom. The maximum Gasteiger partial charge on any atom is 0.410 e. The van der Waals surface area contributed by atoms with E-state index in [0.29, 0.717) is 19.6 Å². The minimum absolute atomic E-state index is 0.295. The molecule has 1 heterocycles. The predicted octanol–water partition coefficient (Wildman–Crippen LogP) is 1.93. The summed E-state index contributed by atoms with van der Waals surface area (Å²) in [6.45, 7) is 13.4. The fourth-order valence-electron chi connectivity index (χ4n) is 1.73. The quantitative estimate of drug-likeness (QED) is 0.811. The zero-order valence-corrected chi connectivity index (χ0v) is 13.9. The van der Waals surface area contributed by atoms with Crippen LogP contribution < -0.4 is 5.32 Å². The number of hydrogen-bond donors (Lipinski definition) is 2. The highest BCUT2D eigenvalue weighted by Gasteiger charge is 2.30. The average molecular weight is 297 g/mol. The van der Waals surface area contributed by atoms with Gasteiger partial charge in [0.05, 0.1) is 6.54 Å². The van der Waals surface area contributed by atoms with Gasteiger partial charge in [-0.25, -0.2) is 9.78 Å². The molecule has 0 saturated heterocycles. The molecule has 0 spiro atoms. The van der Waals surface area contributed by atoms with Crippen LogP contribution in [0.15, 0.2) is 6.33 Å². The molecule has 0 aliphatic carbocycles. The maximum absolute atomic E-state index is 12.3. The molecule has 1 rings (SSSR count). The number of nitrogens with one attached hydrogen (secondary N) is 2. The molecule has 0 unspecified atom stereocenters. The Hall–Kier alpha value is -1.63. The van der Waals surface area contributed by atoms with Crippen molar-refractivity contribution in [2.75, 3.05) is 13.1 Å². The first-order valence-electron chi connectivity index (χ1n) is 7.15. The maximum atomic E-state index is 12.3. The molecule has 0 radical (unpaired) electrons. The first-order valence-corrected chi connectivity index (χ1v) is 7.15. The van der Waals surface area contributed by atoms with Crippen LogP contribution in [0, 0.1) is 0 Å². The van der Waals surface area contributed by atoms with Crippen molar-refractivity contribution < 1.29 is 9.53 Å². The molecule has 0 atom stereocenters. The molecule has 0 aliphatic heterocycles. The molecule has 1 amide bonds. The summed E-state index contributed by atoms with van der Waals surface area (Å²) in [5, 5.41) is 9.79. The van der Waals surface area contributed by atoms with E-state index in [1.807, 2.05) is 41.5 Å². The first-order chi connectivity index (χ1) is 9.59. The molecular weight excluding hydrogens is 270 g/mol. The largest absolute Gasteiger partial charge is 0.444 e.